The molecule has 0 aliphatic carbocycles. The lowest BCUT2D eigenvalue weighted by molar-refractivity contribution is -0.133. The Morgan fingerprint density at radius 1 is 0.923 bits per heavy atom. The Labute approximate surface area is 155 Å². The second kappa shape index (κ2) is 9.73. The van der Waals surface area contributed by atoms with Gasteiger partial charge in [0.1, 0.15) is 5.76 Å². The molecule has 0 radical (unpaired) electrons. The van der Waals surface area contributed by atoms with Crippen LogP contribution >= 0.6 is 0 Å². The van der Waals surface area contributed by atoms with Gasteiger partial charge in [-0.3, -0.25) is 19.4 Å². The molecule has 3 rings (SSSR count). The average Bonchev–Trinajstić information content (AvgIpc) is 3.01. The highest BCUT2D eigenvalue weighted by Gasteiger charge is 2.23. The molecule has 1 aromatic heterocycles. The average molecular weight is 362 g/mol. The molecule has 2 amide bonds. The summed E-state index contributed by atoms with van der Waals surface area (Å²) in [6.45, 7) is 6.48. The fraction of sp³-hybridized carbons (Fsp3) is 0.684. The number of nitrogens with zero attached hydrogens (tertiary/aromatic N) is 3. The van der Waals surface area contributed by atoms with Crippen molar-refractivity contribution in [2.75, 3.05) is 52.4 Å². The fourth-order valence-corrected chi connectivity index (χ4v) is 3.57. The third-order valence-corrected chi connectivity index (χ3v) is 5.19. The van der Waals surface area contributed by atoms with Crippen molar-refractivity contribution in [1.29, 1.82) is 0 Å². The van der Waals surface area contributed by atoms with Gasteiger partial charge in [0.15, 0.2) is 0 Å². The highest BCUT2D eigenvalue weighted by Crippen LogP contribution is 2.11. The number of hydrogen-bond donors (Lipinski definition) is 1. The summed E-state index contributed by atoms with van der Waals surface area (Å²) in [5.41, 5.74) is 0. The van der Waals surface area contributed by atoms with Crippen molar-refractivity contribution >= 4 is 11.8 Å². The van der Waals surface area contributed by atoms with E-state index in [1.807, 2.05) is 17.0 Å². The Balaban J connectivity index is 1.33. The number of amides is 2. The number of piperazine rings is 1. The predicted molar refractivity (Wildman–Crippen MR) is 98.5 cm³/mol. The molecule has 2 aliphatic rings. The molecule has 2 saturated heterocycles. The first-order valence-electron chi connectivity index (χ1n) is 9.72. The summed E-state index contributed by atoms with van der Waals surface area (Å²) in [6, 6.07) is 3.66. The van der Waals surface area contributed by atoms with Crippen LogP contribution in [0.15, 0.2) is 22.8 Å². The number of furan rings is 1. The molecule has 1 N–H and O–H groups in total. The van der Waals surface area contributed by atoms with Crippen LogP contribution in [0.5, 0.6) is 0 Å². The van der Waals surface area contributed by atoms with E-state index in [4.69, 9.17) is 4.42 Å². The van der Waals surface area contributed by atoms with Crippen molar-refractivity contribution in [3.63, 3.8) is 0 Å². The molecule has 2 aliphatic heterocycles. The number of likely N-dealkylation sites (tertiary alicyclic amines) is 1. The van der Waals surface area contributed by atoms with Gasteiger partial charge in [-0.15, -0.1) is 0 Å². The van der Waals surface area contributed by atoms with Crippen LogP contribution in [0, 0.1) is 0 Å². The molecule has 3 heterocycles. The Hall–Kier alpha value is -1.86. The first-order chi connectivity index (χ1) is 12.7. The molecular weight excluding hydrogens is 332 g/mol. The third-order valence-electron chi connectivity index (χ3n) is 5.19. The minimum atomic E-state index is 0.00972. The summed E-state index contributed by atoms with van der Waals surface area (Å²) < 4.78 is 5.21. The molecule has 0 saturated carbocycles. The normalized spacial score (nSPS) is 19.9. The monoisotopic (exact) mass is 362 g/mol. The van der Waals surface area contributed by atoms with Crippen molar-refractivity contribution < 1.29 is 14.0 Å². The summed E-state index contributed by atoms with van der Waals surface area (Å²) in [5.74, 6) is 1.03. The standard InChI is InChI=1S/C19H30N4O3/c24-18(20-14-17-6-5-13-26-17)15-21-9-11-22(12-10-21)16-19(25)23-7-3-1-2-4-8-23/h5-6,13H,1-4,7-12,14-16H2,(H,20,24). The van der Waals surface area contributed by atoms with E-state index in [-0.39, 0.29) is 11.8 Å². The fourth-order valence-electron chi connectivity index (χ4n) is 3.57. The summed E-state index contributed by atoms with van der Waals surface area (Å²) >= 11 is 0. The molecule has 7 heteroatoms. The van der Waals surface area contributed by atoms with E-state index in [1.165, 1.54) is 12.8 Å². The maximum Gasteiger partial charge on any atom is 0.236 e. The van der Waals surface area contributed by atoms with Gasteiger partial charge >= 0.3 is 0 Å². The van der Waals surface area contributed by atoms with Gasteiger partial charge in [-0.05, 0) is 25.0 Å². The number of carbonyl (C=O) groups is 2. The molecule has 144 valence electrons. The lowest BCUT2D eigenvalue weighted by atomic mass is 10.2. The molecular formula is C19H30N4O3. The first kappa shape index (κ1) is 18.9. The van der Waals surface area contributed by atoms with E-state index in [0.29, 0.717) is 19.6 Å². The number of rotatable bonds is 6. The lowest BCUT2D eigenvalue weighted by Gasteiger charge is -2.34. The van der Waals surface area contributed by atoms with Crippen LogP contribution in [0.4, 0.5) is 0 Å². The molecule has 2 fully saturated rings. The Kier molecular flexibility index (Phi) is 7.08. The Morgan fingerprint density at radius 2 is 1.58 bits per heavy atom. The van der Waals surface area contributed by atoms with E-state index in [1.54, 1.807) is 6.26 Å². The molecule has 0 atom stereocenters. The second-order valence-corrected chi connectivity index (χ2v) is 7.20. The maximum atomic E-state index is 12.5. The van der Waals surface area contributed by atoms with Crippen LogP contribution in [-0.2, 0) is 16.1 Å². The lowest BCUT2D eigenvalue weighted by Crippen LogP contribution is -2.52. The van der Waals surface area contributed by atoms with Gasteiger partial charge in [-0.1, -0.05) is 12.8 Å². The van der Waals surface area contributed by atoms with Gasteiger partial charge in [0.05, 0.1) is 25.9 Å². The number of carbonyl (C=O) groups excluding carboxylic acids is 2. The minimum Gasteiger partial charge on any atom is -0.467 e. The molecule has 0 aromatic carbocycles. The Bertz CT molecular complexity index is 559. The maximum absolute atomic E-state index is 12.5. The van der Waals surface area contributed by atoms with Crippen molar-refractivity contribution in [2.45, 2.75) is 32.2 Å². The van der Waals surface area contributed by atoms with Gasteiger partial charge in [-0.2, -0.15) is 0 Å². The van der Waals surface area contributed by atoms with Crippen LogP contribution in [0.2, 0.25) is 0 Å². The second-order valence-electron chi connectivity index (χ2n) is 7.20. The Morgan fingerprint density at radius 3 is 2.19 bits per heavy atom. The zero-order chi connectivity index (χ0) is 18.2. The largest absolute Gasteiger partial charge is 0.467 e. The van der Waals surface area contributed by atoms with Gasteiger partial charge in [0, 0.05) is 39.3 Å². The molecule has 0 bridgehead atoms. The topological polar surface area (TPSA) is 69.0 Å². The van der Waals surface area contributed by atoms with Crippen molar-refractivity contribution in [3.8, 4) is 0 Å². The highest BCUT2D eigenvalue weighted by atomic mass is 16.3. The SMILES string of the molecule is O=C(CN1CCN(CC(=O)N2CCCCCC2)CC1)NCc1ccco1. The van der Waals surface area contributed by atoms with E-state index in [2.05, 4.69) is 15.1 Å². The zero-order valence-electron chi connectivity index (χ0n) is 15.5. The minimum absolute atomic E-state index is 0.00972. The van der Waals surface area contributed by atoms with Crippen molar-refractivity contribution in [2.24, 2.45) is 0 Å². The van der Waals surface area contributed by atoms with Crippen molar-refractivity contribution in [1.82, 2.24) is 20.0 Å². The van der Waals surface area contributed by atoms with Crippen LogP contribution < -0.4 is 5.32 Å². The summed E-state index contributed by atoms with van der Waals surface area (Å²) in [7, 11) is 0. The van der Waals surface area contributed by atoms with E-state index >= 15 is 0 Å². The summed E-state index contributed by atoms with van der Waals surface area (Å²) in [5, 5.41) is 2.88. The van der Waals surface area contributed by atoms with Crippen LogP contribution in [0.3, 0.4) is 0 Å². The molecule has 0 spiro atoms. The predicted octanol–water partition coefficient (Wildman–Crippen LogP) is 0.916. The van der Waals surface area contributed by atoms with Crippen LogP contribution in [0.25, 0.3) is 0 Å². The molecule has 26 heavy (non-hydrogen) atoms. The van der Waals surface area contributed by atoms with Crippen LogP contribution in [-0.4, -0.2) is 78.9 Å². The number of hydrogen-bond acceptors (Lipinski definition) is 5. The van der Waals surface area contributed by atoms with Gasteiger partial charge in [0.25, 0.3) is 0 Å². The van der Waals surface area contributed by atoms with Gasteiger partial charge < -0.3 is 14.6 Å². The molecule has 7 nitrogen and oxygen atoms in total. The number of nitrogens with one attached hydrogen (secondary N) is 1. The highest BCUT2D eigenvalue weighted by molar-refractivity contribution is 5.78. The third kappa shape index (κ3) is 5.85. The quantitative estimate of drug-likeness (QED) is 0.815. The zero-order valence-corrected chi connectivity index (χ0v) is 15.5. The smallest absolute Gasteiger partial charge is 0.236 e. The molecule has 0 unspecified atom stereocenters. The summed E-state index contributed by atoms with van der Waals surface area (Å²) in [4.78, 5) is 30.9. The summed E-state index contributed by atoms with van der Waals surface area (Å²) in [6.07, 6.45) is 6.35. The molecule has 1 aromatic rings. The first-order valence-corrected chi connectivity index (χ1v) is 9.72. The van der Waals surface area contributed by atoms with Gasteiger partial charge in [0.2, 0.25) is 11.8 Å². The van der Waals surface area contributed by atoms with Crippen molar-refractivity contribution in [3.05, 3.63) is 24.2 Å². The van der Waals surface area contributed by atoms with E-state index < -0.39 is 0 Å². The van der Waals surface area contributed by atoms with Crippen LogP contribution in [0.1, 0.15) is 31.4 Å². The van der Waals surface area contributed by atoms with Gasteiger partial charge in [-0.25, -0.2) is 0 Å². The van der Waals surface area contributed by atoms with E-state index in [9.17, 15) is 9.59 Å². The van der Waals surface area contributed by atoms with E-state index in [0.717, 1.165) is 57.9 Å².